The van der Waals surface area contributed by atoms with Gasteiger partial charge in [0, 0.05) is 6.42 Å². The van der Waals surface area contributed by atoms with E-state index in [4.69, 9.17) is 0 Å². The first kappa shape index (κ1) is 13.0. The summed E-state index contributed by atoms with van der Waals surface area (Å²) in [7, 11) is 0. The highest BCUT2D eigenvalue weighted by Gasteiger charge is 2.18. The zero-order valence-corrected chi connectivity index (χ0v) is 12.1. The minimum absolute atomic E-state index is 0.331. The number of thiophene rings is 1. The van der Waals surface area contributed by atoms with Crippen molar-refractivity contribution < 1.29 is 9.90 Å². The number of nitrogens with zero attached hydrogens (tertiary/aromatic N) is 1. The number of thiazole rings is 1. The second-order valence-electron chi connectivity index (χ2n) is 4.24. The Morgan fingerprint density at radius 1 is 1.15 bits per heavy atom. The molecule has 0 spiro atoms. The highest BCUT2D eigenvalue weighted by Crippen LogP contribution is 2.32. The maximum Gasteiger partial charge on any atom is 0.347 e. The molecular weight excluding hydrogens is 290 g/mol. The average Bonchev–Trinajstić information content (AvgIpc) is 3.08. The summed E-state index contributed by atoms with van der Waals surface area (Å²) in [6.07, 6.45) is 0.546. The van der Waals surface area contributed by atoms with Crippen molar-refractivity contribution in [2.45, 2.75) is 6.42 Å². The average molecular weight is 301 g/mol. The Bertz CT molecular complexity index is 718. The molecule has 0 radical (unpaired) electrons. The third-order valence-electron chi connectivity index (χ3n) is 2.84. The summed E-state index contributed by atoms with van der Waals surface area (Å²) >= 11 is 2.82. The molecule has 0 aliphatic carbocycles. The fourth-order valence-electron chi connectivity index (χ4n) is 1.93. The molecule has 2 heterocycles. The standard InChI is InChI=1S/C15H11NO2S2/c17-15(18)13-11(9-10-5-2-1-3-6-10)16-14(20-13)12-7-4-8-19-12/h1-8H,9H2,(H,17,18). The Morgan fingerprint density at radius 3 is 2.60 bits per heavy atom. The molecule has 0 aliphatic rings. The lowest BCUT2D eigenvalue weighted by Gasteiger charge is -1.99. The van der Waals surface area contributed by atoms with Crippen molar-refractivity contribution in [1.82, 2.24) is 4.98 Å². The molecule has 2 aromatic heterocycles. The number of hydrogen-bond donors (Lipinski definition) is 1. The molecule has 0 saturated heterocycles. The summed E-state index contributed by atoms with van der Waals surface area (Å²) in [6, 6.07) is 13.7. The highest BCUT2D eigenvalue weighted by atomic mass is 32.1. The van der Waals surface area contributed by atoms with E-state index in [2.05, 4.69) is 4.98 Å². The van der Waals surface area contributed by atoms with Gasteiger partial charge in [-0.1, -0.05) is 36.4 Å². The number of aromatic nitrogens is 1. The lowest BCUT2D eigenvalue weighted by Crippen LogP contribution is -1.99. The van der Waals surface area contributed by atoms with E-state index < -0.39 is 5.97 Å². The SMILES string of the molecule is O=C(O)c1sc(-c2cccs2)nc1Cc1ccccc1. The number of hydrogen-bond acceptors (Lipinski definition) is 4. The third kappa shape index (κ3) is 2.64. The predicted octanol–water partition coefficient (Wildman–Crippen LogP) is 4.16. The molecule has 0 saturated carbocycles. The molecule has 1 aromatic carbocycles. The fourth-order valence-corrected chi connectivity index (χ4v) is 3.65. The van der Waals surface area contributed by atoms with E-state index in [0.29, 0.717) is 17.0 Å². The van der Waals surface area contributed by atoms with E-state index in [1.165, 1.54) is 11.3 Å². The van der Waals surface area contributed by atoms with Gasteiger partial charge in [-0.25, -0.2) is 9.78 Å². The highest BCUT2D eigenvalue weighted by molar-refractivity contribution is 7.22. The maximum atomic E-state index is 11.4. The van der Waals surface area contributed by atoms with E-state index in [-0.39, 0.29) is 0 Å². The minimum Gasteiger partial charge on any atom is -0.477 e. The van der Waals surface area contributed by atoms with Gasteiger partial charge in [0.15, 0.2) is 0 Å². The molecule has 0 aliphatic heterocycles. The fraction of sp³-hybridized carbons (Fsp3) is 0.0667. The van der Waals surface area contributed by atoms with Crippen LogP contribution in [0.15, 0.2) is 47.8 Å². The molecule has 0 atom stereocenters. The summed E-state index contributed by atoms with van der Waals surface area (Å²) in [5.74, 6) is -0.906. The van der Waals surface area contributed by atoms with Crippen molar-refractivity contribution >= 4 is 28.6 Å². The van der Waals surface area contributed by atoms with Gasteiger partial charge < -0.3 is 5.11 Å². The molecule has 20 heavy (non-hydrogen) atoms. The van der Waals surface area contributed by atoms with E-state index in [1.807, 2.05) is 47.8 Å². The van der Waals surface area contributed by atoms with E-state index in [9.17, 15) is 9.90 Å². The van der Waals surface area contributed by atoms with E-state index in [1.54, 1.807) is 11.3 Å². The third-order valence-corrected chi connectivity index (χ3v) is 4.96. The zero-order valence-electron chi connectivity index (χ0n) is 10.4. The van der Waals surface area contributed by atoms with Gasteiger partial charge >= 0.3 is 5.97 Å². The first-order valence-corrected chi connectivity index (χ1v) is 7.74. The van der Waals surface area contributed by atoms with Crippen molar-refractivity contribution in [3.8, 4) is 9.88 Å². The molecule has 0 bridgehead atoms. The normalized spacial score (nSPS) is 10.6. The van der Waals surface area contributed by atoms with Gasteiger partial charge in [0.25, 0.3) is 0 Å². The summed E-state index contributed by atoms with van der Waals surface area (Å²) in [5.41, 5.74) is 1.70. The summed E-state index contributed by atoms with van der Waals surface area (Å²) in [4.78, 5) is 17.2. The van der Waals surface area contributed by atoms with Gasteiger partial charge in [0.1, 0.15) is 9.88 Å². The van der Waals surface area contributed by atoms with Crippen molar-refractivity contribution in [3.63, 3.8) is 0 Å². The van der Waals surface area contributed by atoms with Crippen LogP contribution >= 0.6 is 22.7 Å². The topological polar surface area (TPSA) is 50.2 Å². The number of benzene rings is 1. The second-order valence-corrected chi connectivity index (χ2v) is 6.19. The second kappa shape index (κ2) is 5.56. The van der Waals surface area contributed by atoms with Gasteiger partial charge in [-0.05, 0) is 17.0 Å². The Balaban J connectivity index is 1.99. The summed E-state index contributed by atoms with van der Waals surface area (Å²) in [5, 5.41) is 12.1. The smallest absolute Gasteiger partial charge is 0.347 e. The molecular formula is C15H11NO2S2. The van der Waals surface area contributed by atoms with Crippen LogP contribution in [-0.4, -0.2) is 16.1 Å². The van der Waals surface area contributed by atoms with Crippen molar-refractivity contribution in [1.29, 1.82) is 0 Å². The molecule has 0 fully saturated rings. The predicted molar refractivity (Wildman–Crippen MR) is 81.6 cm³/mol. The van der Waals surface area contributed by atoms with E-state index in [0.717, 1.165) is 15.4 Å². The van der Waals surface area contributed by atoms with Gasteiger partial charge in [0.05, 0.1) is 10.6 Å². The van der Waals surface area contributed by atoms with Crippen LogP contribution in [0.4, 0.5) is 0 Å². The number of carbonyl (C=O) groups is 1. The Hall–Kier alpha value is -1.98. The Morgan fingerprint density at radius 2 is 1.95 bits per heavy atom. The molecule has 3 nitrogen and oxygen atoms in total. The van der Waals surface area contributed by atoms with E-state index >= 15 is 0 Å². The van der Waals surface area contributed by atoms with Gasteiger partial charge in [-0.15, -0.1) is 22.7 Å². The maximum absolute atomic E-state index is 11.4. The van der Waals surface area contributed by atoms with Crippen molar-refractivity contribution in [2.75, 3.05) is 0 Å². The van der Waals surface area contributed by atoms with Gasteiger partial charge in [-0.2, -0.15) is 0 Å². The van der Waals surface area contributed by atoms with Crippen molar-refractivity contribution in [2.24, 2.45) is 0 Å². The number of carboxylic acids is 1. The lowest BCUT2D eigenvalue weighted by molar-refractivity contribution is 0.0701. The molecule has 0 amide bonds. The van der Waals surface area contributed by atoms with Crippen LogP contribution in [0.1, 0.15) is 20.9 Å². The molecule has 1 N–H and O–H groups in total. The Kier molecular flexibility index (Phi) is 3.62. The summed E-state index contributed by atoms with van der Waals surface area (Å²) in [6.45, 7) is 0. The van der Waals surface area contributed by atoms with Crippen LogP contribution in [-0.2, 0) is 6.42 Å². The van der Waals surface area contributed by atoms with Crippen LogP contribution in [0.25, 0.3) is 9.88 Å². The number of carboxylic acid groups (broad SMARTS) is 1. The largest absolute Gasteiger partial charge is 0.477 e. The van der Waals surface area contributed by atoms with Crippen LogP contribution in [0.5, 0.6) is 0 Å². The number of aromatic carboxylic acids is 1. The van der Waals surface area contributed by atoms with Crippen LogP contribution in [0.3, 0.4) is 0 Å². The molecule has 100 valence electrons. The quantitative estimate of drug-likeness (QED) is 0.787. The number of rotatable bonds is 4. The lowest BCUT2D eigenvalue weighted by atomic mass is 10.1. The molecule has 0 unspecified atom stereocenters. The van der Waals surface area contributed by atoms with Crippen LogP contribution < -0.4 is 0 Å². The molecule has 3 rings (SSSR count). The zero-order chi connectivity index (χ0) is 13.9. The van der Waals surface area contributed by atoms with Gasteiger partial charge in [0.2, 0.25) is 0 Å². The first-order valence-electron chi connectivity index (χ1n) is 6.05. The van der Waals surface area contributed by atoms with Crippen LogP contribution in [0.2, 0.25) is 0 Å². The Labute approximate surface area is 124 Å². The molecule has 5 heteroatoms. The first-order chi connectivity index (χ1) is 9.74. The van der Waals surface area contributed by atoms with Crippen LogP contribution in [0, 0.1) is 0 Å². The van der Waals surface area contributed by atoms with Crippen molar-refractivity contribution in [3.05, 3.63) is 64.0 Å². The molecule has 3 aromatic rings. The van der Waals surface area contributed by atoms with Gasteiger partial charge in [-0.3, -0.25) is 0 Å². The monoisotopic (exact) mass is 301 g/mol. The minimum atomic E-state index is -0.906. The summed E-state index contributed by atoms with van der Waals surface area (Å²) < 4.78 is 0.